The third-order valence-electron chi connectivity index (χ3n) is 2.60. The summed E-state index contributed by atoms with van der Waals surface area (Å²) in [5.74, 6) is -0.726. The molecule has 19 heavy (non-hydrogen) atoms. The molecule has 0 radical (unpaired) electrons. The van der Waals surface area contributed by atoms with E-state index in [0.29, 0.717) is 5.56 Å². The SMILES string of the molecule is O=C(NCc1ccccc1O)c1cc(O)cc(O)c1. The van der Waals surface area contributed by atoms with E-state index < -0.39 is 5.91 Å². The van der Waals surface area contributed by atoms with E-state index in [0.717, 1.165) is 6.07 Å². The number of amides is 1. The van der Waals surface area contributed by atoms with Gasteiger partial charge in [0.05, 0.1) is 0 Å². The van der Waals surface area contributed by atoms with Crippen LogP contribution in [0.1, 0.15) is 15.9 Å². The zero-order chi connectivity index (χ0) is 13.8. The van der Waals surface area contributed by atoms with Crippen LogP contribution in [0.4, 0.5) is 0 Å². The molecule has 2 aromatic rings. The van der Waals surface area contributed by atoms with E-state index in [9.17, 15) is 20.1 Å². The summed E-state index contributed by atoms with van der Waals surface area (Å²) in [5, 5.41) is 30.7. The van der Waals surface area contributed by atoms with Crippen LogP contribution in [0.25, 0.3) is 0 Å². The minimum Gasteiger partial charge on any atom is -0.508 e. The van der Waals surface area contributed by atoms with Crippen LogP contribution < -0.4 is 5.32 Å². The molecular weight excluding hydrogens is 246 g/mol. The van der Waals surface area contributed by atoms with Gasteiger partial charge in [-0.1, -0.05) is 18.2 Å². The van der Waals surface area contributed by atoms with Crippen molar-refractivity contribution in [1.29, 1.82) is 0 Å². The Morgan fingerprint density at radius 2 is 1.63 bits per heavy atom. The summed E-state index contributed by atoms with van der Waals surface area (Å²) in [6.45, 7) is 0.155. The monoisotopic (exact) mass is 259 g/mol. The number of hydrogen-bond acceptors (Lipinski definition) is 4. The van der Waals surface area contributed by atoms with Gasteiger partial charge in [-0.15, -0.1) is 0 Å². The Balaban J connectivity index is 2.08. The Hall–Kier alpha value is -2.69. The van der Waals surface area contributed by atoms with Crippen molar-refractivity contribution in [3.63, 3.8) is 0 Å². The zero-order valence-electron chi connectivity index (χ0n) is 10.00. The minimum atomic E-state index is -0.450. The molecule has 5 nitrogen and oxygen atoms in total. The predicted octanol–water partition coefficient (Wildman–Crippen LogP) is 1.73. The van der Waals surface area contributed by atoms with Gasteiger partial charge in [0.2, 0.25) is 0 Å². The fourth-order valence-electron chi connectivity index (χ4n) is 1.66. The highest BCUT2D eigenvalue weighted by Gasteiger charge is 2.09. The maximum absolute atomic E-state index is 11.8. The highest BCUT2D eigenvalue weighted by atomic mass is 16.3. The second-order valence-corrected chi connectivity index (χ2v) is 4.05. The van der Waals surface area contributed by atoms with Crippen LogP contribution in [0, 0.1) is 0 Å². The van der Waals surface area contributed by atoms with Gasteiger partial charge in [-0.2, -0.15) is 0 Å². The van der Waals surface area contributed by atoms with Crippen molar-refractivity contribution in [2.45, 2.75) is 6.54 Å². The van der Waals surface area contributed by atoms with Crippen molar-refractivity contribution >= 4 is 5.91 Å². The second kappa shape index (κ2) is 5.30. The summed E-state index contributed by atoms with van der Waals surface area (Å²) in [7, 11) is 0. The first kappa shape index (κ1) is 12.8. The summed E-state index contributed by atoms with van der Waals surface area (Å²) < 4.78 is 0. The fraction of sp³-hybridized carbons (Fsp3) is 0.0714. The summed E-state index contributed by atoms with van der Waals surface area (Å²) in [6.07, 6.45) is 0. The van der Waals surface area contributed by atoms with Crippen LogP contribution in [-0.4, -0.2) is 21.2 Å². The molecule has 2 aromatic carbocycles. The van der Waals surface area contributed by atoms with E-state index in [1.165, 1.54) is 18.2 Å². The number of phenols is 3. The maximum atomic E-state index is 11.8. The molecule has 1 amide bonds. The van der Waals surface area contributed by atoms with Gasteiger partial charge in [0, 0.05) is 23.7 Å². The largest absolute Gasteiger partial charge is 0.508 e. The Morgan fingerprint density at radius 3 is 2.26 bits per heavy atom. The van der Waals surface area contributed by atoms with Crippen LogP contribution >= 0.6 is 0 Å². The normalized spacial score (nSPS) is 10.1. The Kier molecular flexibility index (Phi) is 3.56. The summed E-state index contributed by atoms with van der Waals surface area (Å²) in [5.41, 5.74) is 0.730. The fourth-order valence-corrected chi connectivity index (χ4v) is 1.66. The average molecular weight is 259 g/mol. The van der Waals surface area contributed by atoms with E-state index >= 15 is 0 Å². The van der Waals surface area contributed by atoms with Crippen molar-refractivity contribution < 1.29 is 20.1 Å². The summed E-state index contributed by atoms with van der Waals surface area (Å²) >= 11 is 0. The molecule has 0 aliphatic carbocycles. The molecule has 0 saturated heterocycles. The van der Waals surface area contributed by atoms with Crippen LogP contribution in [-0.2, 0) is 6.54 Å². The molecule has 98 valence electrons. The van der Waals surface area contributed by atoms with Gasteiger partial charge in [-0.25, -0.2) is 0 Å². The van der Waals surface area contributed by atoms with Crippen molar-refractivity contribution in [1.82, 2.24) is 5.32 Å². The summed E-state index contributed by atoms with van der Waals surface area (Å²) in [6, 6.07) is 10.3. The van der Waals surface area contributed by atoms with Crippen molar-refractivity contribution in [2.75, 3.05) is 0 Å². The standard InChI is InChI=1S/C14H13NO4/c16-11-5-10(6-12(17)7-11)14(19)15-8-9-3-1-2-4-13(9)18/h1-7,16-18H,8H2,(H,15,19). The predicted molar refractivity (Wildman–Crippen MR) is 69.0 cm³/mol. The molecule has 0 fully saturated rings. The first-order valence-electron chi connectivity index (χ1n) is 5.64. The number of para-hydroxylation sites is 1. The number of aromatic hydroxyl groups is 3. The lowest BCUT2D eigenvalue weighted by Crippen LogP contribution is -2.22. The minimum absolute atomic E-state index is 0.0987. The number of rotatable bonds is 3. The molecule has 0 aliphatic rings. The van der Waals surface area contributed by atoms with Gasteiger partial charge < -0.3 is 20.6 Å². The average Bonchev–Trinajstić information content (AvgIpc) is 2.36. The van der Waals surface area contributed by atoms with E-state index in [2.05, 4.69) is 5.32 Å². The molecule has 0 saturated carbocycles. The van der Waals surface area contributed by atoms with Gasteiger partial charge in [0.1, 0.15) is 17.2 Å². The molecule has 0 spiro atoms. The molecule has 0 aromatic heterocycles. The molecule has 2 rings (SSSR count). The van der Waals surface area contributed by atoms with Crippen molar-refractivity contribution in [3.8, 4) is 17.2 Å². The first-order chi connectivity index (χ1) is 9.06. The van der Waals surface area contributed by atoms with Crippen LogP contribution in [0.2, 0.25) is 0 Å². The maximum Gasteiger partial charge on any atom is 0.251 e. The van der Waals surface area contributed by atoms with Gasteiger partial charge in [-0.05, 0) is 18.2 Å². The Morgan fingerprint density at radius 1 is 1.00 bits per heavy atom. The smallest absolute Gasteiger partial charge is 0.251 e. The molecular formula is C14H13NO4. The summed E-state index contributed by atoms with van der Waals surface area (Å²) in [4.78, 5) is 11.8. The first-order valence-corrected chi connectivity index (χ1v) is 5.64. The zero-order valence-corrected chi connectivity index (χ0v) is 10.00. The molecule has 0 unspecified atom stereocenters. The van der Waals surface area contributed by atoms with Crippen LogP contribution in [0.3, 0.4) is 0 Å². The Labute approximate surface area is 109 Å². The molecule has 0 heterocycles. The molecule has 5 heteroatoms. The van der Waals surface area contributed by atoms with Gasteiger partial charge in [-0.3, -0.25) is 4.79 Å². The lowest BCUT2D eigenvalue weighted by atomic mass is 10.1. The van der Waals surface area contributed by atoms with E-state index in [1.54, 1.807) is 18.2 Å². The van der Waals surface area contributed by atoms with Crippen LogP contribution in [0.15, 0.2) is 42.5 Å². The molecule has 0 bridgehead atoms. The van der Waals surface area contributed by atoms with Gasteiger partial charge in [0.25, 0.3) is 5.91 Å². The highest BCUT2D eigenvalue weighted by molar-refractivity contribution is 5.95. The number of carbonyl (C=O) groups excluding carboxylic acids is 1. The number of nitrogens with one attached hydrogen (secondary N) is 1. The molecule has 0 atom stereocenters. The third kappa shape index (κ3) is 3.16. The Bertz CT molecular complexity index is 590. The molecule has 4 N–H and O–H groups in total. The molecule has 0 aliphatic heterocycles. The van der Waals surface area contributed by atoms with E-state index in [4.69, 9.17) is 0 Å². The van der Waals surface area contributed by atoms with E-state index in [-0.39, 0.29) is 29.4 Å². The van der Waals surface area contributed by atoms with Gasteiger partial charge in [0.15, 0.2) is 0 Å². The number of carbonyl (C=O) groups is 1. The topological polar surface area (TPSA) is 89.8 Å². The number of benzene rings is 2. The van der Waals surface area contributed by atoms with E-state index in [1.807, 2.05) is 0 Å². The van der Waals surface area contributed by atoms with Crippen molar-refractivity contribution in [2.24, 2.45) is 0 Å². The van der Waals surface area contributed by atoms with Gasteiger partial charge >= 0.3 is 0 Å². The highest BCUT2D eigenvalue weighted by Crippen LogP contribution is 2.20. The lowest BCUT2D eigenvalue weighted by molar-refractivity contribution is 0.0950. The quantitative estimate of drug-likeness (QED) is 0.675. The third-order valence-corrected chi connectivity index (χ3v) is 2.60. The number of hydrogen-bond donors (Lipinski definition) is 4. The van der Waals surface area contributed by atoms with Crippen LogP contribution in [0.5, 0.6) is 17.2 Å². The second-order valence-electron chi connectivity index (χ2n) is 4.05. The number of phenolic OH excluding ortho intramolecular Hbond substituents is 3. The lowest BCUT2D eigenvalue weighted by Gasteiger charge is -2.07. The van der Waals surface area contributed by atoms with Crippen molar-refractivity contribution in [3.05, 3.63) is 53.6 Å².